The van der Waals surface area contributed by atoms with Crippen molar-refractivity contribution in [2.75, 3.05) is 32.6 Å². The van der Waals surface area contributed by atoms with Crippen LogP contribution in [0.15, 0.2) is 0 Å². The van der Waals surface area contributed by atoms with Crippen molar-refractivity contribution in [2.24, 2.45) is 11.8 Å². The van der Waals surface area contributed by atoms with Crippen LogP contribution in [0.5, 0.6) is 0 Å². The smallest absolute Gasteiger partial charge is 0.303 e. The molecule has 0 aromatic rings. The minimum Gasteiger partial charge on any atom is -0.481 e. The van der Waals surface area contributed by atoms with Crippen LogP contribution in [0.25, 0.3) is 0 Å². The van der Waals surface area contributed by atoms with Gasteiger partial charge in [0.1, 0.15) is 0 Å². The van der Waals surface area contributed by atoms with Gasteiger partial charge in [-0.2, -0.15) is 0 Å². The number of carbonyl (C=O) groups is 1. The molecule has 2 unspecified atom stereocenters. The lowest BCUT2D eigenvalue weighted by molar-refractivity contribution is -0.138. The van der Waals surface area contributed by atoms with Gasteiger partial charge in [0.05, 0.1) is 5.75 Å². The molecule has 1 saturated heterocycles. The van der Waals surface area contributed by atoms with Crippen LogP contribution < -0.4 is 0 Å². The van der Waals surface area contributed by atoms with Gasteiger partial charge in [0.25, 0.3) is 0 Å². The molecule has 0 aromatic heterocycles. The van der Waals surface area contributed by atoms with E-state index in [0.717, 1.165) is 12.8 Å². The molecule has 0 spiro atoms. The van der Waals surface area contributed by atoms with Gasteiger partial charge in [0.15, 0.2) is 0 Å². The third kappa shape index (κ3) is 5.38. The summed E-state index contributed by atoms with van der Waals surface area (Å²) in [4.78, 5) is 10.8. The average Bonchev–Trinajstić information content (AvgIpc) is 2.38. The molecule has 0 bridgehead atoms. The molecule has 0 saturated carbocycles. The quantitative estimate of drug-likeness (QED) is 0.681. The van der Waals surface area contributed by atoms with Crippen molar-refractivity contribution < 1.29 is 23.1 Å². The Morgan fingerprint density at radius 2 is 2.20 bits per heavy atom. The molecule has 7 heteroatoms. The van der Waals surface area contributed by atoms with Crippen LogP contribution in [0.3, 0.4) is 0 Å². The van der Waals surface area contributed by atoms with E-state index in [-0.39, 0.29) is 24.0 Å². The predicted octanol–water partition coefficient (Wildman–Crippen LogP) is 1.18. The number of nitrogens with zero attached hydrogens (tertiary/aromatic N) is 1. The Balaban J connectivity index is 2.57. The molecular formula is C13H25NO5S. The maximum Gasteiger partial charge on any atom is 0.303 e. The highest BCUT2D eigenvalue weighted by Crippen LogP contribution is 2.27. The number of hydrogen-bond donors (Lipinski definition) is 1. The molecule has 0 aromatic carbocycles. The van der Waals surface area contributed by atoms with Gasteiger partial charge >= 0.3 is 5.97 Å². The first kappa shape index (κ1) is 17.4. The molecule has 20 heavy (non-hydrogen) atoms. The number of piperidine rings is 1. The van der Waals surface area contributed by atoms with E-state index in [0.29, 0.717) is 26.1 Å². The number of carboxylic acids is 1. The fourth-order valence-electron chi connectivity index (χ4n) is 2.65. The lowest BCUT2D eigenvalue weighted by Crippen LogP contribution is -2.43. The van der Waals surface area contributed by atoms with E-state index >= 15 is 0 Å². The highest BCUT2D eigenvalue weighted by Gasteiger charge is 2.31. The Morgan fingerprint density at radius 1 is 1.50 bits per heavy atom. The van der Waals surface area contributed by atoms with E-state index in [1.165, 1.54) is 4.31 Å². The van der Waals surface area contributed by atoms with E-state index in [4.69, 9.17) is 9.84 Å². The van der Waals surface area contributed by atoms with Gasteiger partial charge in [-0.1, -0.05) is 6.92 Å². The molecule has 0 aliphatic carbocycles. The van der Waals surface area contributed by atoms with Crippen molar-refractivity contribution in [1.29, 1.82) is 0 Å². The van der Waals surface area contributed by atoms with Gasteiger partial charge < -0.3 is 9.84 Å². The zero-order chi connectivity index (χ0) is 15.2. The highest BCUT2D eigenvalue weighted by molar-refractivity contribution is 7.89. The van der Waals surface area contributed by atoms with Crippen LogP contribution in [0.4, 0.5) is 0 Å². The lowest BCUT2D eigenvalue weighted by Gasteiger charge is -2.34. The predicted molar refractivity (Wildman–Crippen MR) is 76.0 cm³/mol. The van der Waals surface area contributed by atoms with Gasteiger partial charge in [0.2, 0.25) is 10.0 Å². The fourth-order valence-corrected chi connectivity index (χ4v) is 4.21. The summed E-state index contributed by atoms with van der Waals surface area (Å²) < 4.78 is 30.8. The van der Waals surface area contributed by atoms with E-state index in [1.807, 2.05) is 6.92 Å². The topological polar surface area (TPSA) is 83.9 Å². The number of hydrogen-bond acceptors (Lipinski definition) is 4. The monoisotopic (exact) mass is 307 g/mol. The molecule has 1 heterocycles. The molecule has 1 N–H and O–H groups in total. The van der Waals surface area contributed by atoms with Crippen molar-refractivity contribution in [3.8, 4) is 0 Å². The van der Waals surface area contributed by atoms with Crippen LogP contribution >= 0.6 is 0 Å². The molecular weight excluding hydrogens is 282 g/mol. The lowest BCUT2D eigenvalue weighted by atomic mass is 9.85. The van der Waals surface area contributed by atoms with Crippen molar-refractivity contribution >= 4 is 16.0 Å². The Kier molecular flexibility index (Phi) is 6.91. The fraction of sp³-hybridized carbons (Fsp3) is 0.923. The first-order valence-electron chi connectivity index (χ1n) is 7.05. The van der Waals surface area contributed by atoms with Crippen molar-refractivity contribution in [3.05, 3.63) is 0 Å². The van der Waals surface area contributed by atoms with Crippen LogP contribution in [0.2, 0.25) is 0 Å². The zero-order valence-corrected chi connectivity index (χ0v) is 13.1. The molecule has 1 aliphatic heterocycles. The molecule has 1 aliphatic rings. The number of ether oxygens (including phenoxy) is 1. The standard InChI is InChI=1S/C13H25NO5S/c1-11(9-13(15)16)12-5-3-6-14(10-12)20(17,18)8-4-7-19-2/h11-12H,3-10H2,1-2H3,(H,15,16). The van der Waals surface area contributed by atoms with Crippen LogP contribution in [-0.2, 0) is 19.6 Å². The van der Waals surface area contributed by atoms with E-state index < -0.39 is 16.0 Å². The van der Waals surface area contributed by atoms with Gasteiger partial charge in [-0.15, -0.1) is 0 Å². The molecule has 0 amide bonds. The number of sulfonamides is 1. The minimum atomic E-state index is -3.24. The zero-order valence-electron chi connectivity index (χ0n) is 12.2. The molecule has 2 atom stereocenters. The summed E-state index contributed by atoms with van der Waals surface area (Å²) in [6, 6.07) is 0. The van der Waals surface area contributed by atoms with Crippen LogP contribution in [0, 0.1) is 11.8 Å². The third-order valence-corrected chi connectivity index (χ3v) is 5.79. The van der Waals surface area contributed by atoms with Crippen molar-refractivity contribution in [2.45, 2.75) is 32.6 Å². The van der Waals surface area contributed by atoms with Gasteiger partial charge in [0, 0.05) is 33.2 Å². The second kappa shape index (κ2) is 7.95. The Morgan fingerprint density at radius 3 is 2.80 bits per heavy atom. The Labute approximate surface area is 121 Å². The average molecular weight is 307 g/mol. The molecule has 1 fully saturated rings. The summed E-state index contributed by atoms with van der Waals surface area (Å²) in [5, 5.41) is 8.84. The second-order valence-electron chi connectivity index (χ2n) is 5.50. The molecule has 0 radical (unpaired) electrons. The summed E-state index contributed by atoms with van der Waals surface area (Å²) in [6.07, 6.45) is 2.30. The van der Waals surface area contributed by atoms with Crippen LogP contribution in [-0.4, -0.2) is 56.4 Å². The number of methoxy groups -OCH3 is 1. The van der Waals surface area contributed by atoms with E-state index in [1.54, 1.807) is 7.11 Å². The molecule has 1 rings (SSSR count). The third-order valence-electron chi connectivity index (χ3n) is 3.87. The van der Waals surface area contributed by atoms with E-state index in [9.17, 15) is 13.2 Å². The van der Waals surface area contributed by atoms with Crippen molar-refractivity contribution in [1.82, 2.24) is 4.31 Å². The second-order valence-corrected chi connectivity index (χ2v) is 7.59. The maximum absolute atomic E-state index is 12.2. The van der Waals surface area contributed by atoms with Crippen molar-refractivity contribution in [3.63, 3.8) is 0 Å². The molecule has 118 valence electrons. The summed E-state index contributed by atoms with van der Waals surface area (Å²) in [7, 11) is -1.69. The normalized spacial score (nSPS) is 22.6. The van der Waals surface area contributed by atoms with E-state index in [2.05, 4.69) is 0 Å². The SMILES string of the molecule is COCCCS(=O)(=O)N1CCCC(C(C)CC(=O)O)C1. The first-order valence-corrected chi connectivity index (χ1v) is 8.66. The first-order chi connectivity index (χ1) is 9.36. The number of carboxylic acid groups (broad SMARTS) is 1. The largest absolute Gasteiger partial charge is 0.481 e. The number of aliphatic carboxylic acids is 1. The Hall–Kier alpha value is -0.660. The highest BCUT2D eigenvalue weighted by atomic mass is 32.2. The summed E-state index contributed by atoms with van der Waals surface area (Å²) in [6.45, 7) is 3.32. The van der Waals surface area contributed by atoms with Gasteiger partial charge in [-0.3, -0.25) is 4.79 Å². The maximum atomic E-state index is 12.2. The number of rotatable bonds is 8. The minimum absolute atomic E-state index is 0.00414. The summed E-state index contributed by atoms with van der Waals surface area (Å²) in [5.74, 6) is -0.583. The summed E-state index contributed by atoms with van der Waals surface area (Å²) in [5.41, 5.74) is 0. The van der Waals surface area contributed by atoms with Crippen LogP contribution in [0.1, 0.15) is 32.6 Å². The Bertz CT molecular complexity index is 409. The van der Waals surface area contributed by atoms with Gasteiger partial charge in [-0.25, -0.2) is 12.7 Å². The summed E-state index contributed by atoms with van der Waals surface area (Å²) >= 11 is 0. The van der Waals surface area contributed by atoms with Gasteiger partial charge in [-0.05, 0) is 31.1 Å². The molecule has 6 nitrogen and oxygen atoms in total.